The van der Waals surface area contributed by atoms with E-state index in [0.29, 0.717) is 10.8 Å². The molecule has 3 heteroatoms. The fourth-order valence-electron chi connectivity index (χ4n) is 3.16. The van der Waals surface area contributed by atoms with E-state index in [1.165, 1.54) is 25.0 Å². The second-order valence-corrected chi connectivity index (χ2v) is 5.66. The van der Waals surface area contributed by atoms with Crippen LogP contribution in [0.15, 0.2) is 17.0 Å². The molecule has 0 aliphatic heterocycles. The molecule has 4 rings (SSSR count). The lowest BCUT2D eigenvalue weighted by Gasteiger charge is -2.69. The van der Waals surface area contributed by atoms with Gasteiger partial charge in [-0.3, -0.25) is 4.98 Å². The zero-order valence-corrected chi connectivity index (χ0v) is 9.13. The molecule has 0 unspecified atom stereocenters. The topological polar surface area (TPSA) is 25.8 Å². The molecule has 0 aromatic carbocycles. The molecule has 68 valence electrons. The fourth-order valence-corrected chi connectivity index (χ4v) is 3.47. The van der Waals surface area contributed by atoms with Crippen LogP contribution in [0.25, 0.3) is 0 Å². The van der Waals surface area contributed by atoms with Gasteiger partial charge in [-0.1, -0.05) is 6.92 Å². The van der Waals surface area contributed by atoms with Gasteiger partial charge in [-0.15, -0.1) is 0 Å². The first-order valence-electron chi connectivity index (χ1n) is 4.60. The van der Waals surface area contributed by atoms with E-state index in [9.17, 15) is 0 Å². The van der Waals surface area contributed by atoms with Crippen molar-refractivity contribution >= 4 is 15.9 Å². The van der Waals surface area contributed by atoms with Gasteiger partial charge in [0.15, 0.2) is 0 Å². The molecule has 3 aliphatic carbocycles. The van der Waals surface area contributed by atoms with Crippen LogP contribution in [0.4, 0.5) is 0 Å². The standard InChI is InChI=1S/C10H11BrN2/c1-9-4-10(5-9,6-9)7-2-12-3-8(11)13-7/h2-3H,4-6H2,1H3. The van der Waals surface area contributed by atoms with Crippen LogP contribution in [0.1, 0.15) is 31.9 Å². The Bertz CT molecular complexity index is 355. The van der Waals surface area contributed by atoms with Crippen molar-refractivity contribution in [3.8, 4) is 0 Å². The SMILES string of the molecule is CC12CC(c3cncc(Br)n3)(C1)C2. The van der Waals surface area contributed by atoms with Crippen molar-refractivity contribution in [3.63, 3.8) is 0 Å². The Morgan fingerprint density at radius 1 is 1.31 bits per heavy atom. The van der Waals surface area contributed by atoms with Crippen molar-refractivity contribution in [1.29, 1.82) is 0 Å². The maximum Gasteiger partial charge on any atom is 0.124 e. The Balaban J connectivity index is 1.95. The summed E-state index contributed by atoms with van der Waals surface area (Å²) in [6.07, 6.45) is 7.60. The average molecular weight is 239 g/mol. The maximum absolute atomic E-state index is 4.49. The summed E-state index contributed by atoms with van der Waals surface area (Å²) in [7, 11) is 0. The van der Waals surface area contributed by atoms with Gasteiger partial charge in [0.05, 0.1) is 11.9 Å². The molecular weight excluding hydrogens is 228 g/mol. The second-order valence-electron chi connectivity index (χ2n) is 4.85. The Hall–Kier alpha value is -0.440. The summed E-state index contributed by atoms with van der Waals surface area (Å²) in [6.45, 7) is 2.36. The van der Waals surface area contributed by atoms with Crippen LogP contribution < -0.4 is 0 Å². The zero-order chi connectivity index (χ0) is 9.10. The van der Waals surface area contributed by atoms with E-state index in [0.717, 1.165) is 4.60 Å². The van der Waals surface area contributed by atoms with Crippen LogP contribution in [-0.2, 0) is 5.41 Å². The van der Waals surface area contributed by atoms with Gasteiger partial charge >= 0.3 is 0 Å². The number of rotatable bonds is 1. The van der Waals surface area contributed by atoms with E-state index in [4.69, 9.17) is 0 Å². The first kappa shape index (κ1) is 7.92. The van der Waals surface area contributed by atoms with Crippen molar-refractivity contribution < 1.29 is 0 Å². The molecule has 3 aliphatic rings. The zero-order valence-electron chi connectivity index (χ0n) is 7.55. The van der Waals surface area contributed by atoms with E-state index in [-0.39, 0.29) is 0 Å². The van der Waals surface area contributed by atoms with Gasteiger partial charge in [-0.25, -0.2) is 4.98 Å². The Kier molecular flexibility index (Phi) is 1.30. The minimum atomic E-state index is 0.408. The Morgan fingerprint density at radius 2 is 2.00 bits per heavy atom. The van der Waals surface area contributed by atoms with Crippen LogP contribution in [0.5, 0.6) is 0 Å². The molecule has 1 aromatic heterocycles. The van der Waals surface area contributed by atoms with Crippen molar-refractivity contribution in [2.75, 3.05) is 0 Å². The van der Waals surface area contributed by atoms with Gasteiger partial charge in [0, 0.05) is 11.6 Å². The van der Waals surface area contributed by atoms with Crippen molar-refractivity contribution in [1.82, 2.24) is 9.97 Å². The minimum absolute atomic E-state index is 0.408. The molecule has 1 heterocycles. The summed E-state index contributed by atoms with van der Waals surface area (Å²) in [5, 5.41) is 0. The highest BCUT2D eigenvalue weighted by Gasteiger charge is 2.66. The van der Waals surface area contributed by atoms with Gasteiger partial charge in [-0.2, -0.15) is 0 Å². The van der Waals surface area contributed by atoms with E-state index < -0.39 is 0 Å². The smallest absolute Gasteiger partial charge is 0.124 e. The molecule has 0 N–H and O–H groups in total. The second kappa shape index (κ2) is 2.14. The van der Waals surface area contributed by atoms with Crippen LogP contribution >= 0.6 is 15.9 Å². The Morgan fingerprint density at radius 3 is 2.54 bits per heavy atom. The first-order chi connectivity index (χ1) is 6.12. The molecule has 1 aromatic rings. The summed E-state index contributed by atoms with van der Waals surface area (Å²) in [6, 6.07) is 0. The lowest BCUT2D eigenvalue weighted by atomic mass is 9.35. The molecule has 3 fully saturated rings. The summed E-state index contributed by atoms with van der Waals surface area (Å²) in [5.41, 5.74) is 2.24. The van der Waals surface area contributed by atoms with Crippen LogP contribution in [0.2, 0.25) is 0 Å². The van der Waals surface area contributed by atoms with E-state index in [1.54, 1.807) is 6.20 Å². The van der Waals surface area contributed by atoms with E-state index in [2.05, 4.69) is 32.8 Å². The number of hydrogen-bond acceptors (Lipinski definition) is 2. The van der Waals surface area contributed by atoms with E-state index in [1.807, 2.05) is 6.20 Å². The molecule has 0 atom stereocenters. The number of halogens is 1. The van der Waals surface area contributed by atoms with Gasteiger partial charge in [0.2, 0.25) is 0 Å². The van der Waals surface area contributed by atoms with Gasteiger partial charge in [0.25, 0.3) is 0 Å². The summed E-state index contributed by atoms with van der Waals surface area (Å²) in [5.74, 6) is 0. The third-order valence-corrected chi connectivity index (χ3v) is 3.83. The fraction of sp³-hybridized carbons (Fsp3) is 0.600. The van der Waals surface area contributed by atoms with Gasteiger partial charge in [0.1, 0.15) is 4.60 Å². The summed E-state index contributed by atoms with van der Waals surface area (Å²) < 4.78 is 0.861. The molecule has 2 nitrogen and oxygen atoms in total. The maximum atomic E-state index is 4.49. The highest BCUT2D eigenvalue weighted by atomic mass is 79.9. The first-order valence-corrected chi connectivity index (χ1v) is 5.39. The average Bonchev–Trinajstić information content (AvgIpc) is 1.97. The minimum Gasteiger partial charge on any atom is -0.260 e. The number of nitrogens with zero attached hydrogens (tertiary/aromatic N) is 2. The third-order valence-electron chi connectivity index (χ3n) is 3.44. The van der Waals surface area contributed by atoms with Crippen molar-refractivity contribution in [2.45, 2.75) is 31.6 Å². The predicted molar refractivity (Wildman–Crippen MR) is 53.4 cm³/mol. The van der Waals surface area contributed by atoms with Gasteiger partial charge < -0.3 is 0 Å². The molecule has 0 amide bonds. The molecule has 0 spiro atoms. The largest absolute Gasteiger partial charge is 0.260 e. The van der Waals surface area contributed by atoms with Crippen LogP contribution in [-0.4, -0.2) is 9.97 Å². The lowest BCUT2D eigenvalue weighted by Crippen LogP contribution is -2.63. The van der Waals surface area contributed by atoms with Crippen LogP contribution in [0, 0.1) is 5.41 Å². The molecular formula is C10H11BrN2. The van der Waals surface area contributed by atoms with Crippen molar-refractivity contribution in [2.24, 2.45) is 5.41 Å². The van der Waals surface area contributed by atoms with Gasteiger partial charge in [-0.05, 0) is 40.6 Å². The van der Waals surface area contributed by atoms with Crippen molar-refractivity contribution in [3.05, 3.63) is 22.7 Å². The summed E-state index contributed by atoms with van der Waals surface area (Å²) >= 11 is 3.36. The predicted octanol–water partition coefficient (Wildman–Crippen LogP) is 2.68. The lowest BCUT2D eigenvalue weighted by molar-refractivity contribution is -0.128. The number of aromatic nitrogens is 2. The Labute approximate surface area is 85.9 Å². The molecule has 2 bridgehead atoms. The molecule has 13 heavy (non-hydrogen) atoms. The summed E-state index contributed by atoms with van der Waals surface area (Å²) in [4.78, 5) is 8.66. The highest BCUT2D eigenvalue weighted by Crippen LogP contribution is 2.72. The third kappa shape index (κ3) is 0.938. The monoisotopic (exact) mass is 238 g/mol. The highest BCUT2D eigenvalue weighted by molar-refractivity contribution is 9.10. The van der Waals surface area contributed by atoms with E-state index >= 15 is 0 Å². The normalized spacial score (nSPS) is 40.8. The van der Waals surface area contributed by atoms with Crippen LogP contribution in [0.3, 0.4) is 0 Å². The molecule has 0 saturated heterocycles. The quantitative estimate of drug-likeness (QED) is 0.752. The number of hydrogen-bond donors (Lipinski definition) is 0. The molecule has 0 radical (unpaired) electrons. The molecule has 3 saturated carbocycles.